The molecule has 0 aromatic heterocycles. The molecule has 1 N–H and O–H groups in total. The number of halogens is 4. The molecule has 0 spiro atoms. The highest BCUT2D eigenvalue weighted by atomic mass is 19.4. The Morgan fingerprint density at radius 1 is 1.35 bits per heavy atom. The number of carboxylic acids is 1. The van der Waals surface area contributed by atoms with Crippen molar-refractivity contribution in [1.82, 2.24) is 0 Å². The van der Waals surface area contributed by atoms with Crippen LogP contribution in [0.1, 0.15) is 18.1 Å². The Morgan fingerprint density at radius 3 is 2.35 bits per heavy atom. The molecule has 0 amide bonds. The van der Waals surface area contributed by atoms with Gasteiger partial charge in [-0.25, -0.2) is 9.18 Å². The molecule has 0 fully saturated rings. The molecule has 17 heavy (non-hydrogen) atoms. The quantitative estimate of drug-likeness (QED) is 0.643. The fourth-order valence-electron chi connectivity index (χ4n) is 1.26. The third kappa shape index (κ3) is 3.30. The highest BCUT2D eigenvalue weighted by Gasteiger charge is 2.33. The third-order valence-electron chi connectivity index (χ3n) is 2.07. The monoisotopic (exact) mass is 248 g/mol. The van der Waals surface area contributed by atoms with Crippen LogP contribution in [-0.4, -0.2) is 11.1 Å². The van der Waals surface area contributed by atoms with Gasteiger partial charge in [-0.3, -0.25) is 0 Å². The van der Waals surface area contributed by atoms with E-state index in [9.17, 15) is 22.4 Å². The molecule has 2 nitrogen and oxygen atoms in total. The minimum atomic E-state index is -4.76. The summed E-state index contributed by atoms with van der Waals surface area (Å²) >= 11 is 0. The number of aliphatic carboxylic acids is 1. The lowest BCUT2D eigenvalue weighted by molar-refractivity contribution is -0.140. The van der Waals surface area contributed by atoms with Gasteiger partial charge in [0.1, 0.15) is 5.82 Å². The second kappa shape index (κ2) is 4.57. The summed E-state index contributed by atoms with van der Waals surface area (Å²) in [5.41, 5.74) is -1.10. The molecule has 0 saturated heterocycles. The van der Waals surface area contributed by atoms with Crippen LogP contribution in [0.3, 0.4) is 0 Å². The summed E-state index contributed by atoms with van der Waals surface area (Å²) in [6.45, 7) is 1.37. The van der Waals surface area contributed by atoms with Crippen molar-refractivity contribution in [2.45, 2.75) is 13.1 Å². The number of hydrogen-bond donors (Lipinski definition) is 1. The van der Waals surface area contributed by atoms with E-state index in [1.807, 2.05) is 0 Å². The molecule has 0 unspecified atom stereocenters. The van der Waals surface area contributed by atoms with Gasteiger partial charge in [0.05, 0.1) is 5.56 Å². The molecule has 1 rings (SSSR count). The summed E-state index contributed by atoms with van der Waals surface area (Å²) in [6.07, 6.45) is -3.96. The van der Waals surface area contributed by atoms with Crippen LogP contribution in [-0.2, 0) is 11.0 Å². The molecule has 0 atom stereocenters. The SMILES string of the molecule is CC(=CC(=O)O)c1ccc(C(F)(F)F)c(F)c1. The average Bonchev–Trinajstić information content (AvgIpc) is 2.14. The summed E-state index contributed by atoms with van der Waals surface area (Å²) < 4.78 is 49.9. The molecule has 92 valence electrons. The molecule has 0 bridgehead atoms. The zero-order valence-electron chi connectivity index (χ0n) is 8.68. The summed E-state index contributed by atoms with van der Waals surface area (Å²) in [7, 11) is 0. The normalized spacial score (nSPS) is 12.6. The van der Waals surface area contributed by atoms with Crippen LogP contribution in [0.4, 0.5) is 17.6 Å². The molecule has 0 aliphatic heterocycles. The Kier molecular flexibility index (Phi) is 3.55. The molecule has 0 heterocycles. The molecular formula is C11H8F4O2. The van der Waals surface area contributed by atoms with Gasteiger partial charge in [0.15, 0.2) is 0 Å². The molecular weight excluding hydrogens is 240 g/mol. The van der Waals surface area contributed by atoms with Crippen LogP contribution in [0, 0.1) is 5.82 Å². The van der Waals surface area contributed by atoms with Gasteiger partial charge in [-0.2, -0.15) is 13.2 Å². The van der Waals surface area contributed by atoms with Gasteiger partial charge in [-0.1, -0.05) is 6.07 Å². The van der Waals surface area contributed by atoms with Gasteiger partial charge in [0.25, 0.3) is 0 Å². The lowest BCUT2D eigenvalue weighted by Crippen LogP contribution is -2.08. The third-order valence-corrected chi connectivity index (χ3v) is 2.07. The van der Waals surface area contributed by atoms with E-state index in [1.54, 1.807) is 0 Å². The Hall–Kier alpha value is -1.85. The van der Waals surface area contributed by atoms with Crippen LogP contribution in [0.15, 0.2) is 24.3 Å². The molecule has 0 aliphatic rings. The first-order valence-electron chi connectivity index (χ1n) is 4.50. The Bertz CT molecular complexity index is 475. The van der Waals surface area contributed by atoms with Gasteiger partial charge in [0.2, 0.25) is 0 Å². The predicted molar refractivity (Wildman–Crippen MR) is 52.7 cm³/mol. The van der Waals surface area contributed by atoms with E-state index in [0.717, 1.165) is 12.1 Å². The minimum Gasteiger partial charge on any atom is -0.478 e. The molecule has 1 aromatic rings. The summed E-state index contributed by atoms with van der Waals surface area (Å²) in [5.74, 6) is -2.67. The van der Waals surface area contributed by atoms with Gasteiger partial charge >= 0.3 is 12.1 Å². The number of benzene rings is 1. The number of hydrogen-bond acceptors (Lipinski definition) is 1. The first-order chi connectivity index (χ1) is 7.71. The molecule has 1 aromatic carbocycles. The number of carboxylic acid groups (broad SMARTS) is 1. The van der Waals surface area contributed by atoms with Crippen molar-refractivity contribution >= 4 is 11.5 Å². The first-order valence-corrected chi connectivity index (χ1v) is 4.50. The fraction of sp³-hybridized carbons (Fsp3) is 0.182. The van der Waals surface area contributed by atoms with Crippen molar-refractivity contribution in [2.24, 2.45) is 0 Å². The lowest BCUT2D eigenvalue weighted by atomic mass is 10.0. The van der Waals surface area contributed by atoms with E-state index < -0.39 is 23.5 Å². The van der Waals surface area contributed by atoms with E-state index in [0.29, 0.717) is 12.1 Å². The van der Waals surface area contributed by atoms with Crippen molar-refractivity contribution in [3.8, 4) is 0 Å². The minimum absolute atomic E-state index is 0.0953. The number of rotatable bonds is 2. The van der Waals surface area contributed by atoms with Crippen LogP contribution >= 0.6 is 0 Å². The number of alkyl halides is 3. The maximum absolute atomic E-state index is 13.1. The van der Waals surface area contributed by atoms with E-state index in [4.69, 9.17) is 5.11 Å². The second-order valence-electron chi connectivity index (χ2n) is 3.36. The van der Waals surface area contributed by atoms with Crippen LogP contribution in [0.5, 0.6) is 0 Å². The largest absolute Gasteiger partial charge is 0.478 e. The molecule has 6 heteroatoms. The maximum atomic E-state index is 13.1. The Morgan fingerprint density at radius 2 is 1.94 bits per heavy atom. The highest BCUT2D eigenvalue weighted by molar-refractivity contribution is 5.89. The Labute approximate surface area is 94.2 Å². The number of allylic oxidation sites excluding steroid dienone is 1. The molecule has 0 radical (unpaired) electrons. The Balaban J connectivity index is 3.18. The highest BCUT2D eigenvalue weighted by Crippen LogP contribution is 2.32. The van der Waals surface area contributed by atoms with Crippen molar-refractivity contribution in [3.63, 3.8) is 0 Å². The average molecular weight is 248 g/mol. The summed E-state index contributed by atoms with van der Waals surface area (Å²) in [6, 6.07) is 2.28. The van der Waals surface area contributed by atoms with E-state index in [2.05, 4.69) is 0 Å². The molecule has 0 aliphatic carbocycles. The van der Waals surface area contributed by atoms with Crippen molar-refractivity contribution in [1.29, 1.82) is 0 Å². The summed E-state index contributed by atoms with van der Waals surface area (Å²) in [4.78, 5) is 10.3. The van der Waals surface area contributed by atoms with Crippen molar-refractivity contribution in [2.75, 3.05) is 0 Å². The summed E-state index contributed by atoms with van der Waals surface area (Å²) in [5, 5.41) is 8.45. The van der Waals surface area contributed by atoms with Gasteiger partial charge in [-0.15, -0.1) is 0 Å². The van der Waals surface area contributed by atoms with Crippen LogP contribution in [0.2, 0.25) is 0 Å². The smallest absolute Gasteiger partial charge is 0.419 e. The topological polar surface area (TPSA) is 37.3 Å². The fourth-order valence-corrected chi connectivity index (χ4v) is 1.26. The number of carbonyl (C=O) groups is 1. The zero-order chi connectivity index (χ0) is 13.2. The second-order valence-corrected chi connectivity index (χ2v) is 3.36. The van der Waals surface area contributed by atoms with Crippen molar-refractivity contribution in [3.05, 3.63) is 41.2 Å². The lowest BCUT2D eigenvalue weighted by Gasteiger charge is -2.09. The van der Waals surface area contributed by atoms with Gasteiger partial charge < -0.3 is 5.11 Å². The zero-order valence-corrected chi connectivity index (χ0v) is 8.68. The first kappa shape index (κ1) is 13.2. The maximum Gasteiger partial charge on any atom is 0.419 e. The predicted octanol–water partition coefficient (Wildman–Crippen LogP) is 3.33. The van der Waals surface area contributed by atoms with Crippen molar-refractivity contribution < 1.29 is 27.5 Å². The van der Waals surface area contributed by atoms with Gasteiger partial charge in [0, 0.05) is 6.08 Å². The molecule has 0 saturated carbocycles. The van der Waals surface area contributed by atoms with E-state index in [1.165, 1.54) is 6.92 Å². The van der Waals surface area contributed by atoms with E-state index >= 15 is 0 Å². The van der Waals surface area contributed by atoms with E-state index in [-0.39, 0.29) is 11.1 Å². The standard InChI is InChI=1S/C11H8F4O2/c1-6(4-10(16)17)7-2-3-8(9(12)5-7)11(13,14)15/h2-5H,1H3,(H,16,17). The van der Waals surface area contributed by atoms with Crippen LogP contribution < -0.4 is 0 Å². The van der Waals surface area contributed by atoms with Gasteiger partial charge in [-0.05, 0) is 30.2 Å². The van der Waals surface area contributed by atoms with Crippen LogP contribution in [0.25, 0.3) is 5.57 Å².